The zero-order valence-corrected chi connectivity index (χ0v) is 10.5. The van der Waals surface area contributed by atoms with Gasteiger partial charge in [-0.15, -0.1) is 11.8 Å². The smallest absolute Gasteiger partial charge is 0.307 e. The number of fused-ring (bicyclic) bond motifs is 1. The third-order valence-corrected chi connectivity index (χ3v) is 3.93. The van der Waals surface area contributed by atoms with E-state index in [-0.39, 0.29) is 23.5 Å². The third-order valence-electron chi connectivity index (χ3n) is 2.68. The fourth-order valence-electron chi connectivity index (χ4n) is 1.74. The molecule has 1 aliphatic rings. The molecule has 0 radical (unpaired) electrons. The number of para-hydroxylation sites is 1. The van der Waals surface area contributed by atoms with Crippen molar-refractivity contribution in [3.05, 3.63) is 24.3 Å². The molecule has 90 valence electrons. The van der Waals surface area contributed by atoms with Crippen molar-refractivity contribution in [2.24, 2.45) is 0 Å². The molecule has 0 saturated carbocycles. The highest BCUT2D eigenvalue weighted by Gasteiger charge is 2.32. The maximum atomic E-state index is 12.0. The summed E-state index contributed by atoms with van der Waals surface area (Å²) in [6, 6.07) is 7.66. The summed E-state index contributed by atoms with van der Waals surface area (Å²) in [6.45, 7) is 0. The van der Waals surface area contributed by atoms with Crippen LogP contribution in [0.1, 0.15) is 6.42 Å². The maximum absolute atomic E-state index is 12.0. The van der Waals surface area contributed by atoms with Gasteiger partial charge in [-0.3, -0.25) is 9.59 Å². The van der Waals surface area contributed by atoms with Gasteiger partial charge in [0.25, 0.3) is 0 Å². The van der Waals surface area contributed by atoms with Crippen LogP contribution in [0.2, 0.25) is 0 Å². The van der Waals surface area contributed by atoms with Crippen LogP contribution in [0.15, 0.2) is 29.2 Å². The molecule has 4 nitrogen and oxygen atoms in total. The van der Waals surface area contributed by atoms with Gasteiger partial charge < -0.3 is 9.64 Å². The number of rotatable bonds is 2. The van der Waals surface area contributed by atoms with Crippen molar-refractivity contribution in [2.75, 3.05) is 19.1 Å². The Morgan fingerprint density at radius 2 is 2.18 bits per heavy atom. The molecular formula is C12H13NO3S. The average Bonchev–Trinajstić information content (AvgIpc) is 2.35. The fourth-order valence-corrected chi connectivity index (χ4v) is 3.00. The van der Waals surface area contributed by atoms with Crippen LogP contribution in [-0.2, 0) is 14.3 Å². The predicted molar refractivity (Wildman–Crippen MR) is 66.1 cm³/mol. The lowest BCUT2D eigenvalue weighted by molar-refractivity contribution is -0.141. The highest BCUT2D eigenvalue weighted by molar-refractivity contribution is 8.01. The standard InChI is InChI=1S/C12H13NO3S/c1-13-8-5-3-4-6-9(8)17-10(12(13)15)7-11(14)16-2/h3-6,10H,7H2,1-2H3/t10-/m0/s1. The number of amides is 1. The Hall–Kier alpha value is -1.49. The van der Waals surface area contributed by atoms with Crippen molar-refractivity contribution < 1.29 is 14.3 Å². The number of hydrogen-bond donors (Lipinski definition) is 0. The first-order valence-electron chi connectivity index (χ1n) is 5.23. The number of ether oxygens (including phenoxy) is 1. The summed E-state index contributed by atoms with van der Waals surface area (Å²) in [4.78, 5) is 25.9. The monoisotopic (exact) mass is 251 g/mol. The summed E-state index contributed by atoms with van der Waals surface area (Å²) in [7, 11) is 3.06. The molecule has 1 amide bonds. The average molecular weight is 251 g/mol. The molecule has 0 fully saturated rings. The lowest BCUT2D eigenvalue weighted by Crippen LogP contribution is -2.39. The van der Waals surface area contributed by atoms with Gasteiger partial charge in [0.05, 0.1) is 24.5 Å². The second-order valence-electron chi connectivity index (χ2n) is 3.75. The molecule has 0 saturated heterocycles. The van der Waals surface area contributed by atoms with Gasteiger partial charge >= 0.3 is 5.97 Å². The Balaban J connectivity index is 2.25. The van der Waals surface area contributed by atoms with Crippen molar-refractivity contribution in [1.82, 2.24) is 0 Å². The van der Waals surface area contributed by atoms with Crippen molar-refractivity contribution in [2.45, 2.75) is 16.6 Å². The molecule has 0 N–H and O–H groups in total. The van der Waals surface area contributed by atoms with E-state index in [2.05, 4.69) is 4.74 Å². The summed E-state index contributed by atoms with van der Waals surface area (Å²) in [5, 5.41) is -0.387. The van der Waals surface area contributed by atoms with E-state index in [9.17, 15) is 9.59 Å². The predicted octanol–water partition coefficient (Wildman–Crippen LogP) is 1.69. The van der Waals surface area contributed by atoms with Crippen LogP contribution in [0.4, 0.5) is 5.69 Å². The van der Waals surface area contributed by atoms with Gasteiger partial charge in [0, 0.05) is 11.9 Å². The van der Waals surface area contributed by atoms with E-state index in [1.165, 1.54) is 18.9 Å². The van der Waals surface area contributed by atoms with E-state index in [1.807, 2.05) is 24.3 Å². The highest BCUT2D eigenvalue weighted by Crippen LogP contribution is 2.39. The van der Waals surface area contributed by atoms with Crippen LogP contribution < -0.4 is 4.90 Å². The minimum absolute atomic E-state index is 0.0564. The molecule has 1 atom stereocenters. The summed E-state index contributed by atoms with van der Waals surface area (Å²) in [6.07, 6.45) is 0.110. The normalized spacial score (nSPS) is 18.8. The van der Waals surface area contributed by atoms with Gasteiger partial charge in [0.1, 0.15) is 0 Å². The van der Waals surface area contributed by atoms with E-state index >= 15 is 0 Å². The summed E-state index contributed by atoms with van der Waals surface area (Å²) >= 11 is 1.42. The van der Waals surface area contributed by atoms with Gasteiger partial charge in [0.2, 0.25) is 5.91 Å². The largest absolute Gasteiger partial charge is 0.469 e. The topological polar surface area (TPSA) is 46.6 Å². The number of nitrogens with zero attached hydrogens (tertiary/aromatic N) is 1. The Labute approximate surface area is 104 Å². The minimum atomic E-state index is -0.387. The number of methoxy groups -OCH3 is 1. The number of carbonyl (C=O) groups excluding carboxylic acids is 2. The Morgan fingerprint density at radius 1 is 1.47 bits per heavy atom. The van der Waals surface area contributed by atoms with Crippen LogP contribution in [0, 0.1) is 0 Å². The molecule has 1 aromatic rings. The van der Waals surface area contributed by atoms with Gasteiger partial charge in [0.15, 0.2) is 0 Å². The zero-order chi connectivity index (χ0) is 12.4. The fraction of sp³-hybridized carbons (Fsp3) is 0.333. The third kappa shape index (κ3) is 2.29. The molecule has 5 heteroatoms. The quantitative estimate of drug-likeness (QED) is 0.750. The molecule has 0 spiro atoms. The lowest BCUT2D eigenvalue weighted by atomic mass is 10.2. The number of hydrogen-bond acceptors (Lipinski definition) is 4. The molecule has 1 aliphatic heterocycles. The van der Waals surface area contributed by atoms with E-state index in [1.54, 1.807) is 11.9 Å². The molecule has 0 unspecified atom stereocenters. The number of benzene rings is 1. The first-order valence-corrected chi connectivity index (χ1v) is 6.11. The van der Waals surface area contributed by atoms with Crippen LogP contribution in [0.25, 0.3) is 0 Å². The number of thioether (sulfide) groups is 1. The lowest BCUT2D eigenvalue weighted by Gasteiger charge is -2.30. The molecule has 0 aromatic heterocycles. The molecular weight excluding hydrogens is 238 g/mol. The van der Waals surface area contributed by atoms with E-state index < -0.39 is 0 Å². The second-order valence-corrected chi connectivity index (χ2v) is 5.00. The first-order chi connectivity index (χ1) is 8.13. The molecule has 2 rings (SSSR count). The maximum Gasteiger partial charge on any atom is 0.307 e. The van der Waals surface area contributed by atoms with Crippen LogP contribution in [-0.4, -0.2) is 31.3 Å². The van der Waals surface area contributed by atoms with Crippen LogP contribution >= 0.6 is 11.8 Å². The van der Waals surface area contributed by atoms with Crippen LogP contribution in [0.3, 0.4) is 0 Å². The Morgan fingerprint density at radius 3 is 2.88 bits per heavy atom. The van der Waals surface area contributed by atoms with E-state index in [4.69, 9.17) is 0 Å². The summed E-state index contributed by atoms with van der Waals surface area (Å²) in [5.41, 5.74) is 0.892. The number of carbonyl (C=O) groups is 2. The van der Waals surface area contributed by atoms with E-state index in [0.717, 1.165) is 10.6 Å². The van der Waals surface area contributed by atoms with Crippen molar-refractivity contribution in [3.63, 3.8) is 0 Å². The number of esters is 1. The van der Waals surface area contributed by atoms with Gasteiger partial charge in [-0.05, 0) is 12.1 Å². The molecule has 17 heavy (non-hydrogen) atoms. The molecule has 1 heterocycles. The molecule has 1 aromatic carbocycles. The van der Waals surface area contributed by atoms with Gasteiger partial charge in [-0.2, -0.15) is 0 Å². The van der Waals surface area contributed by atoms with E-state index in [0.29, 0.717) is 0 Å². The SMILES string of the molecule is COC(=O)C[C@@H]1Sc2ccccc2N(C)C1=O. The number of anilines is 1. The van der Waals surface area contributed by atoms with Crippen molar-refractivity contribution >= 4 is 29.3 Å². The molecule has 0 aliphatic carbocycles. The van der Waals surface area contributed by atoms with Crippen LogP contribution in [0.5, 0.6) is 0 Å². The van der Waals surface area contributed by atoms with Crippen molar-refractivity contribution in [3.8, 4) is 0 Å². The molecule has 0 bridgehead atoms. The van der Waals surface area contributed by atoms with Gasteiger partial charge in [-0.1, -0.05) is 12.1 Å². The Bertz CT molecular complexity index is 461. The van der Waals surface area contributed by atoms with Gasteiger partial charge in [-0.25, -0.2) is 0 Å². The first kappa shape index (κ1) is 12.0. The Kier molecular flexibility index (Phi) is 3.38. The summed E-state index contributed by atoms with van der Waals surface area (Å²) < 4.78 is 4.60. The zero-order valence-electron chi connectivity index (χ0n) is 9.67. The summed E-state index contributed by atoms with van der Waals surface area (Å²) in [5.74, 6) is -0.414. The minimum Gasteiger partial charge on any atom is -0.469 e. The second kappa shape index (κ2) is 4.79. The van der Waals surface area contributed by atoms with Crippen molar-refractivity contribution in [1.29, 1.82) is 0 Å². The highest BCUT2D eigenvalue weighted by atomic mass is 32.2.